The van der Waals surface area contributed by atoms with Crippen LogP contribution in [0.3, 0.4) is 0 Å². The van der Waals surface area contributed by atoms with E-state index in [0.717, 1.165) is 11.2 Å². The van der Waals surface area contributed by atoms with E-state index in [2.05, 4.69) is 0 Å². The van der Waals surface area contributed by atoms with Gasteiger partial charge in [0, 0.05) is 24.1 Å². The minimum atomic E-state index is -3.58. The summed E-state index contributed by atoms with van der Waals surface area (Å²) >= 11 is 5.94. The zero-order valence-corrected chi connectivity index (χ0v) is 14.2. The normalized spacial score (nSPS) is 16.3. The second-order valence-electron chi connectivity index (χ2n) is 5.26. The van der Waals surface area contributed by atoms with Crippen LogP contribution in [0.1, 0.15) is 13.3 Å². The summed E-state index contributed by atoms with van der Waals surface area (Å²) in [6.45, 7) is 1.33. The summed E-state index contributed by atoms with van der Waals surface area (Å²) in [5.74, 6) is -1.75. The molecule has 128 valence electrons. The standard InChI is InChI=1S/C15H14ClNO6S/c1-9(18)22-14-12(19)13(10-4-2-5-11(16)8-10)23-15(14)17-6-3-7-24(17,20)21/h2,4-5,8,19H,3,6-7H2,1H3. The van der Waals surface area contributed by atoms with Gasteiger partial charge in [-0.25, -0.2) is 12.7 Å². The Morgan fingerprint density at radius 2 is 2.17 bits per heavy atom. The van der Waals surface area contributed by atoms with Gasteiger partial charge in [-0.2, -0.15) is 0 Å². The van der Waals surface area contributed by atoms with Gasteiger partial charge in [-0.15, -0.1) is 0 Å². The van der Waals surface area contributed by atoms with Gasteiger partial charge in [-0.3, -0.25) is 4.79 Å². The van der Waals surface area contributed by atoms with Gasteiger partial charge in [-0.1, -0.05) is 23.7 Å². The molecule has 1 aromatic carbocycles. The van der Waals surface area contributed by atoms with Crippen molar-refractivity contribution in [3.05, 3.63) is 29.3 Å². The molecule has 1 fully saturated rings. The monoisotopic (exact) mass is 371 g/mol. The van der Waals surface area contributed by atoms with Crippen LogP contribution in [-0.4, -0.2) is 31.8 Å². The molecule has 1 aliphatic rings. The Morgan fingerprint density at radius 3 is 2.75 bits per heavy atom. The fraction of sp³-hybridized carbons (Fsp3) is 0.267. The molecule has 1 N–H and O–H groups in total. The number of aromatic hydroxyl groups is 1. The molecule has 1 aromatic heterocycles. The smallest absolute Gasteiger partial charge is 0.308 e. The van der Waals surface area contributed by atoms with E-state index in [4.69, 9.17) is 20.8 Å². The number of furan rings is 1. The highest BCUT2D eigenvalue weighted by Crippen LogP contribution is 2.49. The van der Waals surface area contributed by atoms with Crippen molar-refractivity contribution in [1.82, 2.24) is 0 Å². The van der Waals surface area contributed by atoms with Crippen LogP contribution in [0.25, 0.3) is 11.3 Å². The Bertz CT molecular complexity index is 905. The first-order valence-electron chi connectivity index (χ1n) is 7.10. The SMILES string of the molecule is CC(=O)Oc1c(N2CCCS2(=O)=O)oc(-c2cccc(Cl)c2)c1O. The van der Waals surface area contributed by atoms with Crippen LogP contribution in [-0.2, 0) is 14.8 Å². The number of carbonyl (C=O) groups excluding carboxylic acids is 1. The van der Waals surface area contributed by atoms with Crippen molar-refractivity contribution in [3.8, 4) is 22.8 Å². The molecule has 2 heterocycles. The maximum absolute atomic E-state index is 12.1. The molecule has 9 heteroatoms. The highest BCUT2D eigenvalue weighted by atomic mass is 35.5. The number of carbonyl (C=O) groups is 1. The molecular weight excluding hydrogens is 358 g/mol. The van der Waals surface area contributed by atoms with Gasteiger partial charge in [0.2, 0.25) is 21.5 Å². The topological polar surface area (TPSA) is 97.0 Å². The average Bonchev–Trinajstić information content (AvgIpc) is 2.99. The fourth-order valence-electron chi connectivity index (χ4n) is 2.49. The molecule has 0 atom stereocenters. The molecule has 2 aromatic rings. The van der Waals surface area contributed by atoms with Gasteiger partial charge < -0.3 is 14.3 Å². The van der Waals surface area contributed by atoms with E-state index in [0.29, 0.717) is 17.0 Å². The van der Waals surface area contributed by atoms with Gasteiger partial charge in [0.25, 0.3) is 5.88 Å². The van der Waals surface area contributed by atoms with Crippen LogP contribution in [0, 0.1) is 0 Å². The molecule has 0 unspecified atom stereocenters. The van der Waals surface area contributed by atoms with Crippen LogP contribution in [0.15, 0.2) is 28.7 Å². The third-order valence-electron chi connectivity index (χ3n) is 3.48. The van der Waals surface area contributed by atoms with Crippen molar-refractivity contribution in [2.75, 3.05) is 16.6 Å². The Hall–Kier alpha value is -2.19. The highest BCUT2D eigenvalue weighted by molar-refractivity contribution is 7.93. The van der Waals surface area contributed by atoms with Crippen molar-refractivity contribution in [2.45, 2.75) is 13.3 Å². The number of nitrogens with zero attached hydrogens (tertiary/aromatic N) is 1. The van der Waals surface area contributed by atoms with Gasteiger partial charge in [-0.05, 0) is 18.6 Å². The summed E-state index contributed by atoms with van der Waals surface area (Å²) in [6.07, 6.45) is 0.413. The maximum Gasteiger partial charge on any atom is 0.308 e. The van der Waals surface area contributed by atoms with Crippen molar-refractivity contribution in [1.29, 1.82) is 0 Å². The number of halogens is 1. The molecule has 0 bridgehead atoms. The van der Waals surface area contributed by atoms with E-state index in [9.17, 15) is 18.3 Å². The zero-order valence-electron chi connectivity index (χ0n) is 12.7. The van der Waals surface area contributed by atoms with E-state index in [-0.39, 0.29) is 29.7 Å². The molecule has 0 aliphatic carbocycles. The average molecular weight is 372 g/mol. The lowest BCUT2D eigenvalue weighted by Gasteiger charge is -2.14. The summed E-state index contributed by atoms with van der Waals surface area (Å²) in [5.41, 5.74) is 0.427. The number of sulfonamides is 1. The van der Waals surface area contributed by atoms with E-state index < -0.39 is 21.7 Å². The molecule has 7 nitrogen and oxygen atoms in total. The van der Waals surface area contributed by atoms with Crippen LogP contribution in [0.2, 0.25) is 5.02 Å². The number of hydrogen-bond acceptors (Lipinski definition) is 6. The molecule has 0 spiro atoms. The second kappa shape index (κ2) is 6.03. The third-order valence-corrected chi connectivity index (χ3v) is 5.54. The maximum atomic E-state index is 12.1. The minimum Gasteiger partial charge on any atom is -0.502 e. The van der Waals surface area contributed by atoms with Crippen LogP contribution >= 0.6 is 11.6 Å². The molecular formula is C15H14ClNO6S. The number of esters is 1. The first kappa shape index (κ1) is 16.7. The van der Waals surface area contributed by atoms with Crippen LogP contribution in [0.4, 0.5) is 5.88 Å². The lowest BCUT2D eigenvalue weighted by molar-refractivity contribution is -0.132. The minimum absolute atomic E-state index is 0.0224. The van der Waals surface area contributed by atoms with Gasteiger partial charge in [0.15, 0.2) is 5.76 Å². The second-order valence-corrected chi connectivity index (χ2v) is 7.71. The Kier molecular flexibility index (Phi) is 4.18. The first-order valence-corrected chi connectivity index (χ1v) is 9.09. The van der Waals surface area contributed by atoms with Gasteiger partial charge in [0.05, 0.1) is 5.75 Å². The van der Waals surface area contributed by atoms with E-state index in [1.54, 1.807) is 24.3 Å². The molecule has 24 heavy (non-hydrogen) atoms. The molecule has 0 saturated carbocycles. The Labute approximate surface area is 143 Å². The van der Waals surface area contributed by atoms with E-state index in [1.807, 2.05) is 0 Å². The molecule has 0 amide bonds. The van der Waals surface area contributed by atoms with Crippen LogP contribution in [0.5, 0.6) is 11.5 Å². The lowest BCUT2D eigenvalue weighted by atomic mass is 10.1. The predicted molar refractivity (Wildman–Crippen MR) is 87.9 cm³/mol. The zero-order chi connectivity index (χ0) is 17.5. The fourth-order valence-corrected chi connectivity index (χ4v) is 4.17. The number of hydrogen-bond donors (Lipinski definition) is 1. The van der Waals surface area contributed by atoms with Crippen molar-refractivity contribution >= 4 is 33.5 Å². The highest BCUT2D eigenvalue weighted by Gasteiger charge is 2.37. The molecule has 3 rings (SSSR count). The first-order chi connectivity index (χ1) is 11.3. The largest absolute Gasteiger partial charge is 0.502 e. The Balaban J connectivity index is 2.18. The van der Waals surface area contributed by atoms with E-state index in [1.165, 1.54) is 0 Å². The molecule has 0 radical (unpaired) electrons. The number of ether oxygens (including phenoxy) is 1. The van der Waals surface area contributed by atoms with Crippen LogP contribution < -0.4 is 9.04 Å². The summed E-state index contributed by atoms with van der Waals surface area (Å²) in [5, 5.41) is 10.8. The summed E-state index contributed by atoms with van der Waals surface area (Å²) in [4.78, 5) is 11.3. The number of anilines is 1. The van der Waals surface area contributed by atoms with Crippen molar-refractivity contribution in [3.63, 3.8) is 0 Å². The van der Waals surface area contributed by atoms with Gasteiger partial charge in [0.1, 0.15) is 0 Å². The predicted octanol–water partition coefficient (Wildman–Crippen LogP) is 2.77. The van der Waals surface area contributed by atoms with Gasteiger partial charge >= 0.3 is 5.97 Å². The number of rotatable bonds is 3. The van der Waals surface area contributed by atoms with Crippen molar-refractivity contribution < 1.29 is 27.5 Å². The Morgan fingerprint density at radius 1 is 1.42 bits per heavy atom. The molecule has 1 aliphatic heterocycles. The van der Waals surface area contributed by atoms with Crippen molar-refractivity contribution in [2.24, 2.45) is 0 Å². The molecule has 1 saturated heterocycles. The quantitative estimate of drug-likeness (QED) is 0.833. The van der Waals surface area contributed by atoms with E-state index >= 15 is 0 Å². The summed E-state index contributed by atoms with van der Waals surface area (Å²) in [7, 11) is -3.58. The third kappa shape index (κ3) is 2.94. The summed E-state index contributed by atoms with van der Waals surface area (Å²) in [6, 6.07) is 6.46. The number of benzene rings is 1. The summed E-state index contributed by atoms with van der Waals surface area (Å²) < 4.78 is 35.8. The lowest BCUT2D eigenvalue weighted by Crippen LogP contribution is -2.25.